The maximum atomic E-state index is 13.8. The molecule has 1 fully saturated rings. The smallest absolute Gasteiger partial charge is 0.227 e. The van der Waals surface area contributed by atoms with Crippen molar-refractivity contribution < 1.29 is 23.2 Å². The van der Waals surface area contributed by atoms with Gasteiger partial charge in [-0.1, -0.05) is 29.4 Å². The largest absolute Gasteiger partial charge is 0.497 e. The quantitative estimate of drug-likeness (QED) is 0.491. The van der Waals surface area contributed by atoms with Crippen molar-refractivity contribution in [2.75, 3.05) is 33.3 Å². The molecule has 1 aromatic heterocycles. The molecule has 0 spiro atoms. The van der Waals surface area contributed by atoms with Gasteiger partial charge < -0.3 is 19.1 Å². The van der Waals surface area contributed by atoms with Crippen LogP contribution < -0.4 is 4.74 Å². The lowest BCUT2D eigenvalue weighted by Gasteiger charge is -2.35. The predicted molar refractivity (Wildman–Crippen MR) is 127 cm³/mol. The second-order valence-electron chi connectivity index (χ2n) is 8.59. The zero-order valence-corrected chi connectivity index (χ0v) is 20.0. The Kier molecular flexibility index (Phi) is 7.74. The number of benzene rings is 2. The van der Waals surface area contributed by atoms with Gasteiger partial charge in [-0.05, 0) is 42.7 Å². The summed E-state index contributed by atoms with van der Waals surface area (Å²) in [5.41, 5.74) is 2.16. The molecule has 1 saturated heterocycles. The molecular formula is C26H29FN4O4. The van der Waals surface area contributed by atoms with Crippen LogP contribution in [0.25, 0.3) is 11.4 Å². The molecule has 4 rings (SSSR count). The molecule has 35 heavy (non-hydrogen) atoms. The van der Waals surface area contributed by atoms with Crippen LogP contribution in [0.5, 0.6) is 5.75 Å². The van der Waals surface area contributed by atoms with Gasteiger partial charge in [0.25, 0.3) is 0 Å². The Morgan fingerprint density at radius 2 is 1.60 bits per heavy atom. The Bertz CT molecular complexity index is 1170. The lowest BCUT2D eigenvalue weighted by atomic mass is 10.1. The summed E-state index contributed by atoms with van der Waals surface area (Å²) in [4.78, 5) is 33.1. The maximum Gasteiger partial charge on any atom is 0.227 e. The van der Waals surface area contributed by atoms with Gasteiger partial charge in [0.2, 0.25) is 23.5 Å². The third-order valence-electron chi connectivity index (χ3n) is 6.22. The maximum absolute atomic E-state index is 13.8. The van der Waals surface area contributed by atoms with Crippen LogP contribution in [0.15, 0.2) is 47.0 Å². The van der Waals surface area contributed by atoms with E-state index in [-0.39, 0.29) is 24.1 Å². The Balaban J connectivity index is 1.20. The van der Waals surface area contributed by atoms with E-state index in [1.54, 1.807) is 31.1 Å². The molecule has 2 aromatic carbocycles. The number of methoxy groups -OCH3 is 1. The molecule has 1 aliphatic heterocycles. The van der Waals surface area contributed by atoms with Gasteiger partial charge in [-0.2, -0.15) is 4.98 Å². The summed E-state index contributed by atoms with van der Waals surface area (Å²) in [5.74, 6) is 1.18. The summed E-state index contributed by atoms with van der Waals surface area (Å²) >= 11 is 0. The molecule has 2 heterocycles. The van der Waals surface area contributed by atoms with Crippen molar-refractivity contribution in [1.29, 1.82) is 0 Å². The van der Waals surface area contributed by atoms with Gasteiger partial charge >= 0.3 is 0 Å². The van der Waals surface area contributed by atoms with Gasteiger partial charge in [0.15, 0.2) is 0 Å². The summed E-state index contributed by atoms with van der Waals surface area (Å²) in [6.45, 7) is 3.74. The first kappa shape index (κ1) is 24.4. The zero-order chi connectivity index (χ0) is 24.8. The summed E-state index contributed by atoms with van der Waals surface area (Å²) in [5, 5.41) is 3.90. The van der Waals surface area contributed by atoms with E-state index in [4.69, 9.17) is 9.26 Å². The van der Waals surface area contributed by atoms with E-state index in [2.05, 4.69) is 10.1 Å². The van der Waals surface area contributed by atoms with Gasteiger partial charge in [0.05, 0.1) is 7.11 Å². The molecule has 0 saturated carbocycles. The van der Waals surface area contributed by atoms with Gasteiger partial charge in [-0.15, -0.1) is 0 Å². The predicted octanol–water partition coefficient (Wildman–Crippen LogP) is 3.43. The SMILES string of the molecule is COc1ccc(CCC(=O)N2CCN(C(=O)CCc3nc(-c4ccc(C)c(F)c4)no3)CC2)cc1. The van der Waals surface area contributed by atoms with E-state index < -0.39 is 0 Å². The van der Waals surface area contributed by atoms with Crippen molar-refractivity contribution in [1.82, 2.24) is 19.9 Å². The van der Waals surface area contributed by atoms with Crippen molar-refractivity contribution in [2.45, 2.75) is 32.6 Å². The van der Waals surface area contributed by atoms with Crippen LogP contribution >= 0.6 is 0 Å². The van der Waals surface area contributed by atoms with E-state index in [1.165, 1.54) is 6.07 Å². The Morgan fingerprint density at radius 3 is 2.20 bits per heavy atom. The van der Waals surface area contributed by atoms with E-state index in [0.29, 0.717) is 68.3 Å². The monoisotopic (exact) mass is 480 g/mol. The number of hydrogen-bond donors (Lipinski definition) is 0. The highest BCUT2D eigenvalue weighted by atomic mass is 19.1. The average Bonchev–Trinajstić information content (AvgIpc) is 3.37. The summed E-state index contributed by atoms with van der Waals surface area (Å²) in [6.07, 6.45) is 1.64. The molecule has 2 amide bonds. The first-order valence-electron chi connectivity index (χ1n) is 11.7. The number of aromatic nitrogens is 2. The van der Waals surface area contributed by atoms with Crippen molar-refractivity contribution in [3.63, 3.8) is 0 Å². The first-order chi connectivity index (χ1) is 16.9. The fourth-order valence-electron chi connectivity index (χ4n) is 3.98. The van der Waals surface area contributed by atoms with Crippen LogP contribution in [0.1, 0.15) is 29.9 Å². The molecule has 0 unspecified atom stereocenters. The number of hydrogen-bond acceptors (Lipinski definition) is 6. The third-order valence-corrected chi connectivity index (χ3v) is 6.22. The molecule has 0 atom stereocenters. The van der Waals surface area contributed by atoms with Crippen molar-refractivity contribution in [3.05, 3.63) is 65.3 Å². The van der Waals surface area contributed by atoms with Crippen LogP contribution in [0.3, 0.4) is 0 Å². The van der Waals surface area contributed by atoms with Crippen LogP contribution in [0.2, 0.25) is 0 Å². The van der Waals surface area contributed by atoms with E-state index in [0.717, 1.165) is 11.3 Å². The fraction of sp³-hybridized carbons (Fsp3) is 0.385. The molecule has 0 N–H and O–H groups in total. The molecular weight excluding hydrogens is 451 g/mol. The summed E-state index contributed by atoms with van der Waals surface area (Å²) in [7, 11) is 1.62. The van der Waals surface area contributed by atoms with E-state index in [1.807, 2.05) is 29.2 Å². The third kappa shape index (κ3) is 6.23. The first-order valence-corrected chi connectivity index (χ1v) is 11.7. The molecule has 1 aliphatic rings. The van der Waals surface area contributed by atoms with Crippen molar-refractivity contribution in [3.8, 4) is 17.1 Å². The number of halogens is 1. The van der Waals surface area contributed by atoms with Crippen LogP contribution in [0, 0.1) is 12.7 Å². The summed E-state index contributed by atoms with van der Waals surface area (Å²) in [6, 6.07) is 12.5. The van der Waals surface area contributed by atoms with Crippen LogP contribution in [-0.2, 0) is 22.4 Å². The second-order valence-corrected chi connectivity index (χ2v) is 8.59. The Hall–Kier alpha value is -3.75. The minimum atomic E-state index is -0.331. The summed E-state index contributed by atoms with van der Waals surface area (Å²) < 4.78 is 24.2. The molecule has 8 nitrogen and oxygen atoms in total. The number of piperazine rings is 1. The number of amides is 2. The molecule has 184 valence electrons. The highest BCUT2D eigenvalue weighted by molar-refractivity contribution is 5.78. The number of aryl methyl sites for hydroxylation is 3. The minimum Gasteiger partial charge on any atom is -0.497 e. The highest BCUT2D eigenvalue weighted by Crippen LogP contribution is 2.20. The van der Waals surface area contributed by atoms with Gasteiger partial charge in [-0.3, -0.25) is 9.59 Å². The van der Waals surface area contributed by atoms with Gasteiger partial charge in [0.1, 0.15) is 11.6 Å². The number of carbonyl (C=O) groups excluding carboxylic acids is 2. The average molecular weight is 481 g/mol. The molecule has 3 aromatic rings. The van der Waals surface area contributed by atoms with E-state index in [9.17, 15) is 14.0 Å². The Morgan fingerprint density at radius 1 is 0.971 bits per heavy atom. The second kappa shape index (κ2) is 11.1. The van der Waals surface area contributed by atoms with Crippen LogP contribution in [-0.4, -0.2) is 65.0 Å². The Labute approximate surface area is 203 Å². The normalized spacial score (nSPS) is 13.7. The van der Waals surface area contributed by atoms with Crippen LogP contribution in [0.4, 0.5) is 4.39 Å². The fourth-order valence-corrected chi connectivity index (χ4v) is 3.98. The molecule has 0 radical (unpaired) electrons. The lowest BCUT2D eigenvalue weighted by molar-refractivity contribution is -0.139. The molecule has 0 aliphatic carbocycles. The van der Waals surface area contributed by atoms with Gasteiger partial charge in [-0.25, -0.2) is 4.39 Å². The zero-order valence-electron chi connectivity index (χ0n) is 20.0. The standard InChI is InChI=1S/C26H29FN4O4/c1-18-3-7-20(17-22(18)27)26-28-23(35-29-26)10-12-25(33)31-15-13-30(14-16-31)24(32)11-6-19-4-8-21(34-2)9-5-19/h3-5,7-9,17H,6,10-16H2,1-2H3. The number of ether oxygens (including phenoxy) is 1. The topological polar surface area (TPSA) is 88.8 Å². The number of rotatable bonds is 8. The van der Waals surface area contributed by atoms with E-state index >= 15 is 0 Å². The number of nitrogens with zero attached hydrogens (tertiary/aromatic N) is 4. The number of carbonyl (C=O) groups is 2. The minimum absolute atomic E-state index is 0.0172. The van der Waals surface area contributed by atoms with Gasteiger partial charge in [0, 0.05) is 51.0 Å². The highest BCUT2D eigenvalue weighted by Gasteiger charge is 2.24. The molecule has 0 bridgehead atoms. The lowest BCUT2D eigenvalue weighted by Crippen LogP contribution is -2.50. The van der Waals surface area contributed by atoms with Crippen molar-refractivity contribution in [2.24, 2.45) is 0 Å². The molecule has 9 heteroatoms. The van der Waals surface area contributed by atoms with Crippen molar-refractivity contribution >= 4 is 11.8 Å².